The molecule has 0 bridgehead atoms. The summed E-state index contributed by atoms with van der Waals surface area (Å²) in [7, 11) is 0. The van der Waals surface area contributed by atoms with Gasteiger partial charge in [0.05, 0.1) is 0 Å². The summed E-state index contributed by atoms with van der Waals surface area (Å²) in [5.41, 5.74) is 0. The number of rotatable bonds is 12. The molecule has 0 fully saturated rings. The fourth-order valence-electron chi connectivity index (χ4n) is 0.660. The van der Waals surface area contributed by atoms with Crippen LogP contribution in [0.3, 0.4) is 0 Å². The molecule has 0 aromatic heterocycles. The second-order valence-electron chi connectivity index (χ2n) is 3.06. The quantitative estimate of drug-likeness (QED) is 0.147. The average molecular weight is 827 g/mol. The van der Waals surface area contributed by atoms with Crippen LogP contribution >= 0.6 is 0 Å². The van der Waals surface area contributed by atoms with Gasteiger partial charge in [-0.25, -0.2) is 0 Å². The van der Waals surface area contributed by atoms with E-state index in [9.17, 15) is 0 Å². The molecule has 136 valence electrons. The predicted molar refractivity (Wildman–Crippen MR) is 117 cm³/mol. The Kier molecular flexibility index (Phi) is 73.1. The Morgan fingerprint density at radius 3 is 0.565 bits per heavy atom. The molecule has 0 aromatic rings. The van der Waals surface area contributed by atoms with Gasteiger partial charge in [0.2, 0.25) is 0 Å². The van der Waals surface area contributed by atoms with Crippen molar-refractivity contribution in [1.29, 1.82) is 0 Å². The van der Waals surface area contributed by atoms with Crippen molar-refractivity contribution < 1.29 is 14.2 Å². The molecular weight excluding hydrogens is 802 g/mol. The van der Waals surface area contributed by atoms with E-state index in [0.717, 1.165) is 0 Å². The van der Waals surface area contributed by atoms with E-state index in [1.165, 1.54) is 0 Å². The molecule has 0 spiro atoms. The number of hydrogen-bond donors (Lipinski definition) is 0. The van der Waals surface area contributed by atoms with Crippen LogP contribution in [-0.4, -0.2) is 127 Å². The Morgan fingerprint density at radius 2 is 0.478 bits per heavy atom. The molecule has 0 saturated heterocycles. The van der Waals surface area contributed by atoms with Crippen LogP contribution in [0.1, 0.15) is 0 Å². The summed E-state index contributed by atoms with van der Waals surface area (Å²) in [5, 5.41) is 0. The fraction of sp³-hybridized carbons (Fsp3) is 1.00. The Balaban J connectivity index is -0.0000000675. The molecule has 23 heavy (non-hydrogen) atoms. The molecule has 0 aromatic carbocycles. The zero-order chi connectivity index (χ0) is 16.6. The van der Waals surface area contributed by atoms with Gasteiger partial charge in [0.25, 0.3) is 0 Å². The van der Waals surface area contributed by atoms with Gasteiger partial charge in [0.15, 0.2) is 0 Å². The van der Waals surface area contributed by atoms with E-state index in [1.54, 1.807) is 0 Å². The molecule has 0 amide bonds. The SMILES string of the molecule is [Bi+3].[Bi+3].[S-]CCOCC[S-].[S-]CCOCC[S-].[S-]CCOCC[S-]. The molecule has 0 unspecified atom stereocenters. The van der Waals surface area contributed by atoms with Crippen LogP contribution < -0.4 is 0 Å². The Bertz CT molecular complexity index is 120. The molecular formula is C12H24Bi2O3S6. The maximum absolute atomic E-state index is 4.92. The van der Waals surface area contributed by atoms with E-state index in [0.29, 0.717) is 74.2 Å². The Hall–Kier alpha value is 3.75. The maximum Gasteiger partial charge on any atom is 3.00 e. The van der Waals surface area contributed by atoms with Crippen molar-refractivity contribution in [2.75, 3.05) is 74.2 Å². The van der Waals surface area contributed by atoms with Gasteiger partial charge in [0, 0.05) is 39.6 Å². The molecule has 0 N–H and O–H groups in total. The van der Waals surface area contributed by atoms with Gasteiger partial charge in [-0.1, -0.05) is 0 Å². The first-order chi connectivity index (χ1) is 10.2. The normalized spacial score (nSPS) is 8.61. The summed E-state index contributed by atoms with van der Waals surface area (Å²) in [5.74, 6) is 4.06. The second-order valence-corrected chi connectivity index (χ2v) is 5.51. The predicted octanol–water partition coefficient (Wildman–Crippen LogP) is -0.471. The van der Waals surface area contributed by atoms with Gasteiger partial charge in [-0.3, -0.25) is 0 Å². The van der Waals surface area contributed by atoms with Crippen LogP contribution in [0.5, 0.6) is 0 Å². The summed E-state index contributed by atoms with van der Waals surface area (Å²) in [4.78, 5) is 0. The van der Waals surface area contributed by atoms with Gasteiger partial charge in [-0.2, -0.15) is 34.5 Å². The van der Waals surface area contributed by atoms with Crippen molar-refractivity contribution >= 4 is 128 Å². The van der Waals surface area contributed by atoms with Gasteiger partial charge in [-0.15, -0.1) is 0 Å². The van der Waals surface area contributed by atoms with Crippen LogP contribution in [0.25, 0.3) is 0 Å². The molecule has 0 aliphatic carbocycles. The second kappa shape index (κ2) is 44.9. The van der Waals surface area contributed by atoms with Crippen LogP contribution in [0.4, 0.5) is 0 Å². The minimum atomic E-state index is 0. The minimum absolute atomic E-state index is 0. The third-order valence-electron chi connectivity index (χ3n) is 1.37. The monoisotopic (exact) mass is 826 g/mol. The summed E-state index contributed by atoms with van der Waals surface area (Å²) in [6, 6.07) is 0. The van der Waals surface area contributed by atoms with E-state index in [1.807, 2.05) is 0 Å². The van der Waals surface area contributed by atoms with Gasteiger partial charge in [0.1, 0.15) is 0 Å². The molecule has 0 rings (SSSR count). The van der Waals surface area contributed by atoms with E-state index in [2.05, 4.69) is 75.8 Å². The molecule has 0 atom stereocenters. The summed E-state index contributed by atoms with van der Waals surface area (Å²) >= 11 is 27.6. The maximum atomic E-state index is 4.92. The smallest absolute Gasteiger partial charge is 0.790 e. The molecule has 3 nitrogen and oxygen atoms in total. The standard InChI is InChI=1S/3C4H10OS2.2Bi/c3*6-3-1-5-2-4-7;;/h3*6-7H,1-4H2;;/q;;;2*+3/p-6. The van der Waals surface area contributed by atoms with Crippen LogP contribution in [0, 0.1) is 0 Å². The Labute approximate surface area is 214 Å². The third kappa shape index (κ3) is 58.6. The van der Waals surface area contributed by atoms with Gasteiger partial charge in [-0.05, 0) is 0 Å². The van der Waals surface area contributed by atoms with Crippen molar-refractivity contribution in [2.24, 2.45) is 0 Å². The van der Waals surface area contributed by atoms with E-state index in [4.69, 9.17) is 14.2 Å². The molecule has 0 aliphatic rings. The van der Waals surface area contributed by atoms with Gasteiger partial charge >= 0.3 is 52.4 Å². The van der Waals surface area contributed by atoms with Gasteiger partial charge < -0.3 is 90.0 Å². The molecule has 11 heteroatoms. The number of hydrogen-bond acceptors (Lipinski definition) is 9. The summed E-state index contributed by atoms with van der Waals surface area (Å²) in [6.07, 6.45) is 0. The van der Waals surface area contributed by atoms with Crippen molar-refractivity contribution in [1.82, 2.24) is 0 Å². The van der Waals surface area contributed by atoms with Crippen molar-refractivity contribution in [3.63, 3.8) is 0 Å². The minimum Gasteiger partial charge on any atom is -0.790 e. The molecule has 0 aliphatic heterocycles. The van der Waals surface area contributed by atoms with E-state index < -0.39 is 0 Å². The topological polar surface area (TPSA) is 27.7 Å². The first-order valence-corrected chi connectivity index (χ1v) is 9.93. The van der Waals surface area contributed by atoms with Crippen molar-refractivity contribution in [3.05, 3.63) is 0 Å². The van der Waals surface area contributed by atoms with E-state index in [-0.39, 0.29) is 52.4 Å². The average Bonchev–Trinajstić information content (AvgIpc) is 2.50. The first kappa shape index (κ1) is 37.5. The Morgan fingerprint density at radius 1 is 0.348 bits per heavy atom. The largest absolute Gasteiger partial charge is 3.00 e. The summed E-state index contributed by atoms with van der Waals surface area (Å²) < 4.78 is 14.8. The first-order valence-electron chi connectivity index (χ1n) is 6.46. The number of ether oxygens (including phenoxy) is 3. The zero-order valence-electron chi connectivity index (χ0n) is 13.1. The van der Waals surface area contributed by atoms with Crippen molar-refractivity contribution in [3.8, 4) is 0 Å². The summed E-state index contributed by atoms with van der Waals surface area (Å²) in [6.45, 7) is 4.04. The molecule has 0 saturated carbocycles. The zero-order valence-corrected chi connectivity index (χ0v) is 24.9. The van der Waals surface area contributed by atoms with Crippen LogP contribution in [-0.2, 0) is 90.0 Å². The molecule has 4 radical (unpaired) electrons. The third-order valence-corrected chi connectivity index (χ3v) is 2.37. The van der Waals surface area contributed by atoms with Crippen LogP contribution in [0.2, 0.25) is 0 Å². The fourth-order valence-corrected chi connectivity index (χ4v) is 1.37. The van der Waals surface area contributed by atoms with Crippen LogP contribution in [0.15, 0.2) is 0 Å². The molecule has 0 heterocycles. The van der Waals surface area contributed by atoms with Crippen molar-refractivity contribution in [2.45, 2.75) is 0 Å². The van der Waals surface area contributed by atoms with E-state index >= 15 is 0 Å².